The number of aliphatic carboxylic acids is 1. The Morgan fingerprint density at radius 1 is 0.898 bits per heavy atom. The molecule has 0 saturated heterocycles. The molecule has 3 aromatic rings. The second-order valence-corrected chi connectivity index (χ2v) is 13.2. The van der Waals surface area contributed by atoms with E-state index in [1.807, 2.05) is 6.20 Å². The Labute approximate surface area is 283 Å². The normalized spacial score (nSPS) is 14.0. The maximum Gasteiger partial charge on any atom is 0.437 e. The average molecular weight is 680 g/mol. The van der Waals surface area contributed by atoms with Gasteiger partial charge in [-0.2, -0.15) is 0 Å². The van der Waals surface area contributed by atoms with Crippen LogP contribution in [0.3, 0.4) is 0 Å². The van der Waals surface area contributed by atoms with Crippen LogP contribution in [0.25, 0.3) is 11.3 Å². The Balaban J connectivity index is 1.47. The number of imide groups is 1. The number of ether oxygens (including phenoxy) is 3. The quantitative estimate of drug-likeness (QED) is 0.219. The van der Waals surface area contributed by atoms with Crippen LogP contribution in [0.15, 0.2) is 59.7 Å². The van der Waals surface area contributed by atoms with Crippen molar-refractivity contribution < 1.29 is 48.1 Å². The van der Waals surface area contributed by atoms with Gasteiger partial charge in [0.1, 0.15) is 23.6 Å². The first-order valence-electron chi connectivity index (χ1n) is 15.5. The number of benzene rings is 2. The maximum atomic E-state index is 12.7. The molecular formula is C34H41N5O10. The van der Waals surface area contributed by atoms with Gasteiger partial charge in [-0.1, -0.05) is 12.1 Å². The van der Waals surface area contributed by atoms with Crippen LogP contribution in [-0.2, 0) is 32.7 Å². The number of nitrogens with one attached hydrogen (secondary N) is 1. The third-order valence-corrected chi connectivity index (χ3v) is 6.84. The van der Waals surface area contributed by atoms with Crippen LogP contribution >= 0.6 is 0 Å². The number of aryl methyl sites for hydroxylation is 1. The van der Waals surface area contributed by atoms with Gasteiger partial charge in [-0.15, -0.1) is 10.1 Å². The minimum Gasteiger partial charge on any atom is -0.490 e. The molecule has 1 aliphatic rings. The zero-order chi connectivity index (χ0) is 36.1. The van der Waals surface area contributed by atoms with Gasteiger partial charge in [0.2, 0.25) is 11.7 Å². The van der Waals surface area contributed by atoms with E-state index in [9.17, 15) is 29.1 Å². The minimum absolute atomic E-state index is 0.120. The Morgan fingerprint density at radius 3 is 2.04 bits per heavy atom. The van der Waals surface area contributed by atoms with Crippen LogP contribution in [-0.4, -0.2) is 79.7 Å². The smallest absolute Gasteiger partial charge is 0.437 e. The lowest BCUT2D eigenvalue weighted by Crippen LogP contribution is -2.41. The lowest BCUT2D eigenvalue weighted by molar-refractivity contribution is -0.178. The monoisotopic (exact) mass is 679 g/mol. The number of fused-ring (bicyclic) bond motifs is 1. The Hall–Kier alpha value is -5.44. The zero-order valence-electron chi connectivity index (χ0n) is 28.5. The Kier molecular flexibility index (Phi) is 11.0. The van der Waals surface area contributed by atoms with E-state index < -0.39 is 53.9 Å². The first kappa shape index (κ1) is 36.4. The molecule has 2 N–H and O–H groups in total. The fraction of sp³-hybridized carbons (Fsp3) is 0.412. The second kappa shape index (κ2) is 14.8. The third kappa shape index (κ3) is 9.56. The highest BCUT2D eigenvalue weighted by molar-refractivity contribution is 6.20. The molecule has 2 aromatic carbocycles. The molecule has 262 valence electrons. The Bertz CT molecular complexity index is 1760. The summed E-state index contributed by atoms with van der Waals surface area (Å²) in [5.74, 6) is -2.64. The van der Waals surface area contributed by atoms with Gasteiger partial charge in [0.15, 0.2) is 0 Å². The molecule has 0 saturated carbocycles. The minimum atomic E-state index is -1.66. The van der Waals surface area contributed by atoms with E-state index in [0.29, 0.717) is 41.6 Å². The van der Waals surface area contributed by atoms with Crippen molar-refractivity contribution in [1.29, 1.82) is 0 Å². The van der Waals surface area contributed by atoms with Crippen LogP contribution in [0.1, 0.15) is 68.7 Å². The summed E-state index contributed by atoms with van der Waals surface area (Å²) in [6.45, 7) is 10.8. The number of carboxylic acid groups (broad SMARTS) is 1. The van der Waals surface area contributed by atoms with Crippen molar-refractivity contribution in [1.82, 2.24) is 19.5 Å². The number of carbonyl (C=O) groups is 5. The van der Waals surface area contributed by atoms with Crippen LogP contribution < -0.4 is 15.7 Å². The second-order valence-electron chi connectivity index (χ2n) is 13.2. The van der Waals surface area contributed by atoms with Gasteiger partial charge in [-0.05, 0) is 89.9 Å². The van der Waals surface area contributed by atoms with Gasteiger partial charge in [0, 0.05) is 26.3 Å². The summed E-state index contributed by atoms with van der Waals surface area (Å²) in [6, 6.07) is 12.8. The largest absolute Gasteiger partial charge is 0.490 e. The number of amides is 4. The number of rotatable bonds is 11. The number of nitrogens with zero attached hydrogens (tertiary/aromatic N) is 4. The first-order valence-corrected chi connectivity index (χ1v) is 15.5. The number of hydrogen-bond donors (Lipinski definition) is 2. The number of alkyl carbamates (subject to hydrolysis) is 1. The summed E-state index contributed by atoms with van der Waals surface area (Å²) in [6.07, 6.45) is -0.637. The number of hydroxylamine groups is 2. The van der Waals surface area contributed by atoms with E-state index in [1.54, 1.807) is 94.1 Å². The molecule has 4 rings (SSSR count). The molecular weight excluding hydrogens is 638 g/mol. The first-order chi connectivity index (χ1) is 22.9. The van der Waals surface area contributed by atoms with Gasteiger partial charge < -0.3 is 33.8 Å². The van der Waals surface area contributed by atoms with Crippen molar-refractivity contribution in [3.05, 3.63) is 71.5 Å². The molecule has 4 amide bonds. The van der Waals surface area contributed by atoms with Gasteiger partial charge >= 0.3 is 18.2 Å². The standard InChI is InChI=1S/C34H41N5O10/c1-33(2,3)47-31(44)35-17-10-18-38-19-25(37(7)30(38)36-32(45)48-34(4,5)6)21-13-15-22(16-14-21)46-20-26(29(42)43)49-39-27(40)23-11-8-9-12-24(23)28(39)41/h8-9,11-16,19,26H,10,17-18,20H2,1-7H3,(H,35,44)(H,42,43). The van der Waals surface area contributed by atoms with Crippen LogP contribution in [0, 0.1) is 0 Å². The van der Waals surface area contributed by atoms with Gasteiger partial charge in [0.05, 0.1) is 16.8 Å². The number of aromatic nitrogens is 2. The van der Waals surface area contributed by atoms with E-state index in [-0.39, 0.29) is 11.1 Å². The molecule has 15 heteroatoms. The predicted octanol–water partition coefficient (Wildman–Crippen LogP) is 4.30. The average Bonchev–Trinajstić information content (AvgIpc) is 3.43. The molecule has 15 nitrogen and oxygen atoms in total. The highest BCUT2D eigenvalue weighted by atomic mass is 16.7. The summed E-state index contributed by atoms with van der Waals surface area (Å²) in [5.41, 5.74) is 0.591. The van der Waals surface area contributed by atoms with Gasteiger partial charge in [-0.25, -0.2) is 19.2 Å². The van der Waals surface area contributed by atoms with E-state index >= 15 is 0 Å². The maximum absolute atomic E-state index is 12.7. The molecule has 1 aromatic heterocycles. The molecule has 0 radical (unpaired) electrons. The molecule has 2 heterocycles. The van der Waals surface area contributed by atoms with Crippen molar-refractivity contribution in [2.45, 2.75) is 71.8 Å². The summed E-state index contributed by atoms with van der Waals surface area (Å²) in [7, 11) is 1.74. The molecule has 1 aliphatic heterocycles. The number of carboxylic acids is 1. The summed E-state index contributed by atoms with van der Waals surface area (Å²) in [5, 5.41) is 12.9. The van der Waals surface area contributed by atoms with Crippen molar-refractivity contribution >= 4 is 30.0 Å². The summed E-state index contributed by atoms with van der Waals surface area (Å²) < 4.78 is 19.8. The predicted molar refractivity (Wildman–Crippen MR) is 174 cm³/mol. The fourth-order valence-corrected chi connectivity index (χ4v) is 4.72. The topological polar surface area (TPSA) is 180 Å². The van der Waals surface area contributed by atoms with Crippen molar-refractivity contribution in [3.8, 4) is 17.0 Å². The van der Waals surface area contributed by atoms with Gasteiger partial charge in [0.25, 0.3) is 11.8 Å². The summed E-state index contributed by atoms with van der Waals surface area (Å²) in [4.78, 5) is 71.4. The molecule has 1 unspecified atom stereocenters. The van der Waals surface area contributed by atoms with Crippen molar-refractivity contribution in [2.75, 3.05) is 13.2 Å². The van der Waals surface area contributed by atoms with Crippen molar-refractivity contribution in [3.63, 3.8) is 0 Å². The van der Waals surface area contributed by atoms with Crippen LogP contribution in [0.4, 0.5) is 9.59 Å². The lowest BCUT2D eigenvalue weighted by Gasteiger charge is -2.19. The van der Waals surface area contributed by atoms with E-state index in [2.05, 4.69) is 10.3 Å². The summed E-state index contributed by atoms with van der Waals surface area (Å²) >= 11 is 0. The van der Waals surface area contributed by atoms with Crippen LogP contribution in [0.5, 0.6) is 5.75 Å². The lowest BCUT2D eigenvalue weighted by atomic mass is 10.1. The van der Waals surface area contributed by atoms with Crippen molar-refractivity contribution in [2.24, 2.45) is 12.0 Å². The number of carbonyl (C=O) groups excluding carboxylic acids is 4. The molecule has 0 aliphatic carbocycles. The Morgan fingerprint density at radius 2 is 1.49 bits per heavy atom. The zero-order valence-corrected chi connectivity index (χ0v) is 28.5. The van der Waals surface area contributed by atoms with E-state index in [0.717, 1.165) is 5.56 Å². The molecule has 0 fully saturated rings. The number of hydrogen-bond acceptors (Lipinski definition) is 9. The molecule has 49 heavy (non-hydrogen) atoms. The highest BCUT2D eigenvalue weighted by Crippen LogP contribution is 2.25. The van der Waals surface area contributed by atoms with Crippen LogP contribution in [0.2, 0.25) is 0 Å². The third-order valence-electron chi connectivity index (χ3n) is 6.84. The fourth-order valence-electron chi connectivity index (χ4n) is 4.72. The SMILES string of the molecule is Cn1c(-c2ccc(OCC(ON3C(=O)c4ccccc4C3=O)C(=O)O)cc2)cn(CCCNC(=O)OC(C)(C)C)c1=NC(=O)OC(C)(C)C. The highest BCUT2D eigenvalue weighted by Gasteiger charge is 2.39. The van der Waals surface area contributed by atoms with E-state index in [1.165, 1.54) is 12.1 Å². The van der Waals surface area contributed by atoms with Gasteiger partial charge in [-0.3, -0.25) is 9.59 Å². The van der Waals surface area contributed by atoms with E-state index in [4.69, 9.17) is 19.0 Å². The number of imidazole rings is 1. The molecule has 0 spiro atoms. The molecule has 1 atom stereocenters. The molecule has 0 bridgehead atoms.